The molecule has 1 N–H and O–H groups in total. The van der Waals surface area contributed by atoms with E-state index in [9.17, 15) is 4.79 Å². The molecule has 1 unspecified atom stereocenters. The highest BCUT2D eigenvalue weighted by Gasteiger charge is 2.37. The van der Waals surface area contributed by atoms with E-state index in [2.05, 4.69) is 65.8 Å². The molecular weight excluding hydrogens is 344 g/mol. The van der Waals surface area contributed by atoms with E-state index in [-0.39, 0.29) is 17.9 Å². The molecule has 4 aromatic rings. The zero-order valence-corrected chi connectivity index (χ0v) is 16.0. The zero-order valence-electron chi connectivity index (χ0n) is 16.0. The van der Waals surface area contributed by atoms with Crippen LogP contribution in [0.1, 0.15) is 31.0 Å². The number of amides is 1. The fourth-order valence-electron chi connectivity index (χ4n) is 4.32. The first-order valence-corrected chi connectivity index (χ1v) is 9.74. The van der Waals surface area contributed by atoms with Crippen LogP contribution in [0, 0.1) is 5.92 Å². The molecular formula is C25H22N2O. The minimum atomic E-state index is -0.155. The number of nitrogens with zero attached hydrogens (tertiary/aromatic N) is 1. The number of hydrogen-bond acceptors (Lipinski definition) is 1. The molecule has 0 spiro atoms. The molecule has 0 saturated heterocycles. The van der Waals surface area contributed by atoms with Crippen molar-refractivity contribution in [1.82, 2.24) is 4.98 Å². The first-order chi connectivity index (χ1) is 13.7. The van der Waals surface area contributed by atoms with Crippen LogP contribution in [0.5, 0.6) is 0 Å². The number of para-hydroxylation sites is 2. The molecule has 1 aliphatic heterocycles. The summed E-state index contributed by atoms with van der Waals surface area (Å²) in [6.45, 7) is 3.94. The first-order valence-electron chi connectivity index (χ1n) is 9.74. The van der Waals surface area contributed by atoms with Crippen molar-refractivity contribution >= 4 is 22.5 Å². The quantitative estimate of drug-likeness (QED) is 0.469. The van der Waals surface area contributed by atoms with Gasteiger partial charge in [0.05, 0.1) is 11.7 Å². The van der Waals surface area contributed by atoms with Gasteiger partial charge in [-0.2, -0.15) is 0 Å². The lowest BCUT2D eigenvalue weighted by molar-refractivity contribution is -0.121. The van der Waals surface area contributed by atoms with E-state index in [0.717, 1.165) is 27.7 Å². The molecule has 1 aliphatic rings. The van der Waals surface area contributed by atoms with E-state index >= 15 is 0 Å². The van der Waals surface area contributed by atoms with Gasteiger partial charge in [0.15, 0.2) is 0 Å². The molecule has 3 aromatic carbocycles. The predicted molar refractivity (Wildman–Crippen MR) is 114 cm³/mol. The van der Waals surface area contributed by atoms with Crippen molar-refractivity contribution in [1.29, 1.82) is 0 Å². The maximum Gasteiger partial charge on any atom is 0.230 e. The van der Waals surface area contributed by atoms with Crippen LogP contribution in [-0.4, -0.2) is 10.9 Å². The third kappa shape index (κ3) is 2.40. The lowest BCUT2D eigenvalue weighted by atomic mass is 9.84. The highest BCUT2D eigenvalue weighted by molar-refractivity contribution is 6.03. The lowest BCUT2D eigenvalue weighted by Gasteiger charge is -2.39. The minimum absolute atomic E-state index is 0.0916. The smallest absolute Gasteiger partial charge is 0.230 e. The molecule has 1 amide bonds. The second kappa shape index (κ2) is 6.38. The topological polar surface area (TPSA) is 36.1 Å². The van der Waals surface area contributed by atoms with Crippen molar-refractivity contribution in [2.75, 3.05) is 4.90 Å². The lowest BCUT2D eigenvalue weighted by Crippen LogP contribution is -2.40. The maximum atomic E-state index is 13.4. The largest absolute Gasteiger partial charge is 0.361 e. The van der Waals surface area contributed by atoms with Gasteiger partial charge in [-0.05, 0) is 23.3 Å². The summed E-state index contributed by atoms with van der Waals surface area (Å²) >= 11 is 0. The van der Waals surface area contributed by atoms with Gasteiger partial charge < -0.3 is 4.98 Å². The van der Waals surface area contributed by atoms with Crippen LogP contribution >= 0.6 is 0 Å². The standard InChI is InChI=1S/C25H22N2O/c1-16(2)25(28)27-23-14-8-6-11-19(23)17-9-3-4-12-20(17)24(27)21-15-26-22-13-7-5-10-18(21)22/h3-16,24,26H,1-2H3. The third-order valence-electron chi connectivity index (χ3n) is 5.61. The molecule has 3 heteroatoms. The van der Waals surface area contributed by atoms with Gasteiger partial charge in [0.2, 0.25) is 5.91 Å². The molecule has 1 atom stereocenters. The number of aromatic nitrogens is 1. The molecule has 0 saturated carbocycles. The Morgan fingerprint density at radius 3 is 2.36 bits per heavy atom. The summed E-state index contributed by atoms with van der Waals surface area (Å²) in [6, 6.07) is 24.8. The fourth-order valence-corrected chi connectivity index (χ4v) is 4.32. The average molecular weight is 366 g/mol. The molecule has 0 radical (unpaired) electrons. The molecule has 0 bridgehead atoms. The van der Waals surface area contributed by atoms with Crippen molar-refractivity contribution in [2.24, 2.45) is 5.92 Å². The first kappa shape index (κ1) is 16.8. The van der Waals surface area contributed by atoms with Gasteiger partial charge in [-0.1, -0.05) is 74.5 Å². The van der Waals surface area contributed by atoms with Crippen molar-refractivity contribution in [3.05, 3.63) is 90.1 Å². The van der Waals surface area contributed by atoms with Crippen LogP contribution in [0.3, 0.4) is 0 Å². The number of fused-ring (bicyclic) bond motifs is 4. The van der Waals surface area contributed by atoms with Gasteiger partial charge in [-0.25, -0.2) is 0 Å². The Balaban J connectivity index is 1.84. The molecule has 0 aliphatic carbocycles. The Morgan fingerprint density at radius 2 is 1.54 bits per heavy atom. The molecule has 1 aromatic heterocycles. The van der Waals surface area contributed by atoms with E-state index in [1.165, 1.54) is 11.1 Å². The second-order valence-corrected chi connectivity index (χ2v) is 7.66. The zero-order chi connectivity index (χ0) is 19.3. The van der Waals surface area contributed by atoms with Gasteiger partial charge in [0.1, 0.15) is 0 Å². The highest BCUT2D eigenvalue weighted by Crippen LogP contribution is 2.48. The SMILES string of the molecule is CC(C)C(=O)N1c2ccccc2-c2ccccc2C1c1c[nH]c2ccccc12. The van der Waals surface area contributed by atoms with Crippen LogP contribution in [0.2, 0.25) is 0 Å². The number of hydrogen-bond donors (Lipinski definition) is 1. The van der Waals surface area contributed by atoms with Crippen molar-refractivity contribution in [2.45, 2.75) is 19.9 Å². The highest BCUT2D eigenvalue weighted by atomic mass is 16.2. The molecule has 3 nitrogen and oxygen atoms in total. The Morgan fingerprint density at radius 1 is 0.857 bits per heavy atom. The van der Waals surface area contributed by atoms with Gasteiger partial charge in [-0.15, -0.1) is 0 Å². The predicted octanol–water partition coefficient (Wildman–Crippen LogP) is 5.93. The van der Waals surface area contributed by atoms with Gasteiger partial charge in [0, 0.05) is 34.1 Å². The maximum absolute atomic E-state index is 13.4. The van der Waals surface area contributed by atoms with E-state index in [1.54, 1.807) is 0 Å². The monoisotopic (exact) mass is 366 g/mol. The van der Waals surface area contributed by atoms with Gasteiger partial charge in [0.25, 0.3) is 0 Å². The number of rotatable bonds is 2. The normalized spacial score (nSPS) is 15.5. The van der Waals surface area contributed by atoms with Crippen molar-refractivity contribution < 1.29 is 4.79 Å². The average Bonchev–Trinajstić information content (AvgIpc) is 3.16. The summed E-state index contributed by atoms with van der Waals surface area (Å²) in [5, 5.41) is 1.16. The van der Waals surface area contributed by atoms with E-state index in [0.29, 0.717) is 0 Å². The Bertz CT molecular complexity index is 1190. The Kier molecular flexibility index (Phi) is 3.83. The number of anilines is 1. The third-order valence-corrected chi connectivity index (χ3v) is 5.61. The molecule has 0 fully saturated rings. The Labute approximate surface area is 164 Å². The number of carbonyl (C=O) groups is 1. The van der Waals surface area contributed by atoms with E-state index < -0.39 is 0 Å². The van der Waals surface area contributed by atoms with Gasteiger partial charge in [-0.3, -0.25) is 9.69 Å². The molecule has 2 heterocycles. The number of H-pyrrole nitrogens is 1. The van der Waals surface area contributed by atoms with Crippen LogP contribution in [-0.2, 0) is 4.79 Å². The number of carbonyl (C=O) groups excluding carboxylic acids is 1. The summed E-state index contributed by atoms with van der Waals surface area (Å²) in [5.74, 6) is 0.0447. The number of benzene rings is 3. The summed E-state index contributed by atoms with van der Waals surface area (Å²) in [6.07, 6.45) is 2.06. The fraction of sp³-hybridized carbons (Fsp3) is 0.160. The molecule has 138 valence electrons. The summed E-state index contributed by atoms with van der Waals surface area (Å²) in [7, 11) is 0. The Hall–Kier alpha value is -3.33. The van der Waals surface area contributed by atoms with Crippen molar-refractivity contribution in [3.63, 3.8) is 0 Å². The van der Waals surface area contributed by atoms with E-state index in [4.69, 9.17) is 0 Å². The summed E-state index contributed by atoms with van der Waals surface area (Å²) in [5.41, 5.74) is 6.68. The number of nitrogens with one attached hydrogen (secondary N) is 1. The molecule has 5 rings (SSSR count). The minimum Gasteiger partial charge on any atom is -0.361 e. The van der Waals surface area contributed by atoms with Crippen LogP contribution in [0.15, 0.2) is 79.0 Å². The summed E-state index contributed by atoms with van der Waals surface area (Å²) in [4.78, 5) is 18.8. The second-order valence-electron chi connectivity index (χ2n) is 7.66. The van der Waals surface area contributed by atoms with Gasteiger partial charge >= 0.3 is 0 Å². The number of aromatic amines is 1. The van der Waals surface area contributed by atoms with Crippen molar-refractivity contribution in [3.8, 4) is 11.1 Å². The van der Waals surface area contributed by atoms with E-state index in [1.807, 2.05) is 36.9 Å². The van der Waals surface area contributed by atoms with Crippen LogP contribution in [0.25, 0.3) is 22.0 Å². The summed E-state index contributed by atoms with van der Waals surface area (Å²) < 4.78 is 0. The molecule has 28 heavy (non-hydrogen) atoms. The van der Waals surface area contributed by atoms with Crippen LogP contribution in [0.4, 0.5) is 5.69 Å². The van der Waals surface area contributed by atoms with Crippen LogP contribution < -0.4 is 4.90 Å².